The lowest BCUT2D eigenvalue weighted by Crippen LogP contribution is -2.25. The van der Waals surface area contributed by atoms with Gasteiger partial charge in [-0.3, -0.25) is 0 Å². The number of benzene rings is 2. The van der Waals surface area contributed by atoms with E-state index < -0.39 is 5.97 Å². The van der Waals surface area contributed by atoms with Crippen molar-refractivity contribution in [1.82, 2.24) is 0 Å². The minimum Gasteiger partial charge on any atom is -0.478 e. The molecule has 0 heterocycles. The predicted molar refractivity (Wildman–Crippen MR) is 129 cm³/mol. The van der Waals surface area contributed by atoms with Crippen molar-refractivity contribution in [2.45, 2.75) is 77.9 Å². The first kappa shape index (κ1) is 24.5. The Balaban J connectivity index is 1.72. The van der Waals surface area contributed by atoms with Crippen molar-refractivity contribution < 1.29 is 19.4 Å². The Morgan fingerprint density at radius 2 is 1.88 bits per heavy atom. The molecule has 0 aliphatic heterocycles. The maximum Gasteiger partial charge on any atom is 0.336 e. The van der Waals surface area contributed by atoms with E-state index in [1.807, 2.05) is 43.3 Å². The van der Waals surface area contributed by atoms with Crippen molar-refractivity contribution in [3.05, 3.63) is 59.2 Å². The van der Waals surface area contributed by atoms with Gasteiger partial charge in [0.25, 0.3) is 0 Å². The molecular weight excluding hydrogens is 400 g/mol. The third kappa shape index (κ3) is 7.18. The molecule has 2 aromatic rings. The third-order valence-electron chi connectivity index (χ3n) is 6.50. The zero-order chi connectivity index (χ0) is 22.8. The first-order valence-corrected chi connectivity index (χ1v) is 12.2. The van der Waals surface area contributed by atoms with Crippen LogP contribution in [-0.2, 0) is 16.1 Å². The molecule has 2 aromatic carbocycles. The summed E-state index contributed by atoms with van der Waals surface area (Å²) in [6, 6.07) is 13.5. The molecule has 1 atom stereocenters. The molecule has 0 saturated heterocycles. The van der Waals surface area contributed by atoms with Crippen LogP contribution in [0.25, 0.3) is 11.1 Å². The Labute approximate surface area is 193 Å². The molecule has 1 unspecified atom stereocenters. The van der Waals surface area contributed by atoms with Gasteiger partial charge in [0, 0.05) is 6.61 Å². The largest absolute Gasteiger partial charge is 0.478 e. The van der Waals surface area contributed by atoms with Crippen LogP contribution < -0.4 is 0 Å². The molecule has 0 spiro atoms. The van der Waals surface area contributed by atoms with Gasteiger partial charge in [0.1, 0.15) is 0 Å². The maximum absolute atomic E-state index is 11.8. The van der Waals surface area contributed by atoms with E-state index in [1.54, 1.807) is 6.07 Å². The van der Waals surface area contributed by atoms with Gasteiger partial charge in [0.2, 0.25) is 0 Å². The van der Waals surface area contributed by atoms with Crippen molar-refractivity contribution in [2.24, 2.45) is 5.92 Å². The minimum absolute atomic E-state index is 0.0796. The summed E-state index contributed by atoms with van der Waals surface area (Å²) in [4.78, 5) is 11.8. The quantitative estimate of drug-likeness (QED) is 0.361. The van der Waals surface area contributed by atoms with Crippen molar-refractivity contribution in [3.63, 3.8) is 0 Å². The first-order chi connectivity index (χ1) is 15.6. The fourth-order valence-corrected chi connectivity index (χ4v) is 4.62. The third-order valence-corrected chi connectivity index (χ3v) is 6.50. The SMILES string of the molecule is CCCCOCC(CC1CCCCC1)OCc1ccc(C(=O)O)c(-c2ccccc2C)c1. The lowest BCUT2D eigenvalue weighted by molar-refractivity contribution is -0.0385. The van der Waals surface area contributed by atoms with Crippen LogP contribution in [0.5, 0.6) is 0 Å². The number of rotatable bonds is 12. The molecule has 4 nitrogen and oxygen atoms in total. The van der Waals surface area contributed by atoms with Gasteiger partial charge < -0.3 is 14.6 Å². The van der Waals surface area contributed by atoms with Gasteiger partial charge >= 0.3 is 5.97 Å². The van der Waals surface area contributed by atoms with Gasteiger partial charge in [-0.2, -0.15) is 0 Å². The van der Waals surface area contributed by atoms with E-state index in [1.165, 1.54) is 32.1 Å². The van der Waals surface area contributed by atoms with Crippen LogP contribution in [0.4, 0.5) is 0 Å². The standard InChI is InChI=1S/C28H38O4/c1-3-4-16-31-20-24(17-22-11-6-5-7-12-22)32-19-23-14-15-26(28(29)30)27(18-23)25-13-9-8-10-21(25)2/h8-10,13-15,18,22,24H,3-7,11-12,16-17,19-20H2,1-2H3,(H,29,30). The number of unbranched alkanes of at least 4 members (excludes halogenated alkanes) is 1. The molecule has 1 fully saturated rings. The fourth-order valence-electron chi connectivity index (χ4n) is 4.62. The van der Waals surface area contributed by atoms with E-state index in [4.69, 9.17) is 9.47 Å². The summed E-state index contributed by atoms with van der Waals surface area (Å²) >= 11 is 0. The van der Waals surface area contributed by atoms with Gasteiger partial charge in [-0.15, -0.1) is 0 Å². The summed E-state index contributed by atoms with van der Waals surface area (Å²) in [5, 5.41) is 9.70. The zero-order valence-corrected chi connectivity index (χ0v) is 19.6. The molecule has 0 radical (unpaired) electrons. The number of hydrogen-bond acceptors (Lipinski definition) is 3. The average Bonchev–Trinajstić information content (AvgIpc) is 2.81. The summed E-state index contributed by atoms with van der Waals surface area (Å²) in [5.41, 5.74) is 4.08. The van der Waals surface area contributed by atoms with E-state index in [0.717, 1.165) is 54.0 Å². The second-order valence-corrected chi connectivity index (χ2v) is 9.10. The van der Waals surface area contributed by atoms with Gasteiger partial charge in [-0.1, -0.05) is 75.8 Å². The Hall–Kier alpha value is -2.17. The fraction of sp³-hybridized carbons (Fsp3) is 0.536. The summed E-state index contributed by atoms with van der Waals surface area (Å²) < 4.78 is 12.3. The van der Waals surface area contributed by atoms with E-state index in [9.17, 15) is 9.90 Å². The minimum atomic E-state index is -0.907. The number of aromatic carboxylic acids is 1. The molecule has 0 bridgehead atoms. The average molecular weight is 439 g/mol. The normalized spacial score (nSPS) is 15.6. The van der Waals surface area contributed by atoms with Crippen LogP contribution in [-0.4, -0.2) is 30.4 Å². The number of ether oxygens (including phenoxy) is 2. The molecule has 1 saturated carbocycles. The lowest BCUT2D eigenvalue weighted by atomic mass is 9.85. The van der Waals surface area contributed by atoms with E-state index in [2.05, 4.69) is 6.92 Å². The van der Waals surface area contributed by atoms with Crippen molar-refractivity contribution >= 4 is 5.97 Å². The summed E-state index contributed by atoms with van der Waals surface area (Å²) in [7, 11) is 0. The van der Waals surface area contributed by atoms with Gasteiger partial charge in [-0.25, -0.2) is 4.79 Å². The van der Waals surface area contributed by atoms with Crippen molar-refractivity contribution in [1.29, 1.82) is 0 Å². The van der Waals surface area contributed by atoms with Crippen molar-refractivity contribution in [3.8, 4) is 11.1 Å². The molecule has 0 aromatic heterocycles. The molecule has 174 valence electrons. The van der Waals surface area contributed by atoms with E-state index in [0.29, 0.717) is 18.8 Å². The monoisotopic (exact) mass is 438 g/mol. The van der Waals surface area contributed by atoms with Gasteiger partial charge in [0.15, 0.2) is 0 Å². The van der Waals surface area contributed by atoms with Crippen LogP contribution in [0.3, 0.4) is 0 Å². The number of carbonyl (C=O) groups is 1. The lowest BCUT2D eigenvalue weighted by Gasteiger charge is -2.27. The Kier molecular flexibility index (Phi) is 9.76. The molecular formula is C28H38O4. The highest BCUT2D eigenvalue weighted by atomic mass is 16.5. The second kappa shape index (κ2) is 12.8. The van der Waals surface area contributed by atoms with Crippen LogP contribution in [0.15, 0.2) is 42.5 Å². The smallest absolute Gasteiger partial charge is 0.336 e. The molecule has 1 N–H and O–H groups in total. The first-order valence-electron chi connectivity index (χ1n) is 12.2. The number of aryl methyl sites for hydroxylation is 1. The Morgan fingerprint density at radius 3 is 2.59 bits per heavy atom. The summed E-state index contributed by atoms with van der Waals surface area (Å²) in [6.45, 7) is 6.07. The van der Waals surface area contributed by atoms with Crippen LogP contribution in [0.1, 0.15) is 79.8 Å². The summed E-state index contributed by atoms with van der Waals surface area (Å²) in [6.07, 6.45) is 9.92. The number of carboxylic acid groups (broad SMARTS) is 1. The topological polar surface area (TPSA) is 55.8 Å². The molecule has 0 amide bonds. The molecule has 3 rings (SSSR count). The van der Waals surface area contributed by atoms with Gasteiger partial charge in [-0.05, 0) is 60.1 Å². The number of hydrogen-bond donors (Lipinski definition) is 1. The predicted octanol–water partition coefficient (Wildman–Crippen LogP) is 7.03. The number of carboxylic acids is 1. The molecule has 32 heavy (non-hydrogen) atoms. The van der Waals surface area contributed by atoms with Crippen LogP contribution in [0, 0.1) is 12.8 Å². The molecule has 4 heteroatoms. The Bertz CT molecular complexity index is 854. The highest BCUT2D eigenvalue weighted by Crippen LogP contribution is 2.30. The van der Waals surface area contributed by atoms with Gasteiger partial charge in [0.05, 0.1) is 24.9 Å². The van der Waals surface area contributed by atoms with E-state index in [-0.39, 0.29) is 6.10 Å². The summed E-state index contributed by atoms with van der Waals surface area (Å²) in [5.74, 6) is -0.185. The zero-order valence-electron chi connectivity index (χ0n) is 19.6. The second-order valence-electron chi connectivity index (χ2n) is 9.10. The maximum atomic E-state index is 11.8. The van der Waals surface area contributed by atoms with Crippen molar-refractivity contribution in [2.75, 3.05) is 13.2 Å². The molecule has 1 aliphatic rings. The Morgan fingerprint density at radius 1 is 1.09 bits per heavy atom. The highest BCUT2D eigenvalue weighted by molar-refractivity contribution is 5.96. The van der Waals surface area contributed by atoms with Crippen LogP contribution in [0.2, 0.25) is 0 Å². The van der Waals surface area contributed by atoms with E-state index >= 15 is 0 Å². The van der Waals surface area contributed by atoms with Crippen LogP contribution >= 0.6 is 0 Å². The molecule has 1 aliphatic carbocycles. The highest BCUT2D eigenvalue weighted by Gasteiger charge is 2.20.